The Morgan fingerprint density at radius 1 is 0.857 bits per heavy atom. The lowest BCUT2D eigenvalue weighted by atomic mass is 9.92. The van der Waals surface area contributed by atoms with Crippen molar-refractivity contribution in [1.82, 2.24) is 25.0 Å². The number of nitrogens with two attached hydrogens (primary N) is 1. The van der Waals surface area contributed by atoms with Gasteiger partial charge in [-0.25, -0.2) is 0 Å². The van der Waals surface area contributed by atoms with Gasteiger partial charge in [0.05, 0.1) is 0 Å². The number of piperidine rings is 1. The topological polar surface area (TPSA) is 77.3 Å². The van der Waals surface area contributed by atoms with Crippen molar-refractivity contribution in [2.75, 3.05) is 43.9 Å². The molecule has 2 aliphatic heterocycles. The van der Waals surface area contributed by atoms with Crippen molar-refractivity contribution in [2.24, 2.45) is 0 Å². The highest BCUT2D eigenvalue weighted by atomic mass is 35.5. The maximum atomic E-state index is 6.15. The first-order chi connectivity index (χ1) is 16.9. The first-order valence-corrected chi connectivity index (χ1v) is 13.1. The number of hydrogen-bond donors (Lipinski definition) is 2. The molecule has 2 atom stereocenters. The van der Waals surface area contributed by atoms with Gasteiger partial charge in [0.15, 0.2) is 0 Å². The Kier molecular flexibility index (Phi) is 7.48. The molecule has 0 unspecified atom stereocenters. The number of piperazine rings is 1. The Bertz CT molecular complexity index is 1090. The van der Waals surface area contributed by atoms with Crippen molar-refractivity contribution < 1.29 is 0 Å². The predicted octanol–water partition coefficient (Wildman–Crippen LogP) is 4.13. The standard InChI is InChI=1S/C26H33Cl2N7/c1-33-16-24(15-19-4-8-21(28)9-5-19)35(17-23(33)14-18-2-6-20(27)7-3-18)22-10-12-34(13-11-22)26-30-25(29)31-32-26/h2-9,22-24H,10-17H2,1H3,(H3,29,30,31,32)/t23-,24-/m0/s1. The Morgan fingerprint density at radius 2 is 1.43 bits per heavy atom. The number of H-pyrrole nitrogens is 1. The van der Waals surface area contributed by atoms with Crippen LogP contribution in [0.5, 0.6) is 0 Å². The van der Waals surface area contributed by atoms with Crippen LogP contribution in [0.3, 0.4) is 0 Å². The van der Waals surface area contributed by atoms with Crippen molar-refractivity contribution in [1.29, 1.82) is 0 Å². The van der Waals surface area contributed by atoms with Gasteiger partial charge in [-0.1, -0.05) is 47.5 Å². The van der Waals surface area contributed by atoms with Crippen LogP contribution in [0.25, 0.3) is 0 Å². The molecule has 0 saturated carbocycles. The third kappa shape index (κ3) is 5.92. The predicted molar refractivity (Wildman–Crippen MR) is 143 cm³/mol. The molecule has 0 bridgehead atoms. The zero-order valence-electron chi connectivity index (χ0n) is 20.1. The second kappa shape index (κ2) is 10.7. The highest BCUT2D eigenvalue weighted by Gasteiger charge is 2.37. The number of aromatic amines is 1. The van der Waals surface area contributed by atoms with Crippen LogP contribution in [0.1, 0.15) is 24.0 Å². The fraction of sp³-hybridized carbons (Fsp3) is 0.462. The lowest BCUT2D eigenvalue weighted by Crippen LogP contribution is -2.62. The number of rotatable bonds is 6. The SMILES string of the molecule is CN1C[C@H](Cc2ccc(Cl)cc2)N(C2CCN(c3nnc(N)[nH]3)CC2)C[C@@H]1Cc1ccc(Cl)cc1. The van der Waals surface area contributed by atoms with E-state index in [2.05, 4.69) is 61.2 Å². The number of likely N-dealkylation sites (N-methyl/N-ethyl adjacent to an activating group) is 1. The summed E-state index contributed by atoms with van der Waals surface area (Å²) in [4.78, 5) is 10.6. The zero-order chi connectivity index (χ0) is 24.4. The van der Waals surface area contributed by atoms with Gasteiger partial charge in [0.25, 0.3) is 0 Å². The van der Waals surface area contributed by atoms with Crippen LogP contribution >= 0.6 is 23.2 Å². The highest BCUT2D eigenvalue weighted by molar-refractivity contribution is 6.30. The first kappa shape index (κ1) is 24.4. The number of halogens is 2. The second-order valence-corrected chi connectivity index (χ2v) is 10.7. The van der Waals surface area contributed by atoms with E-state index in [4.69, 9.17) is 28.9 Å². The van der Waals surface area contributed by atoms with Crippen molar-refractivity contribution in [3.8, 4) is 0 Å². The average Bonchev–Trinajstić information content (AvgIpc) is 3.30. The number of anilines is 2. The first-order valence-electron chi connectivity index (χ1n) is 12.3. The molecule has 2 fully saturated rings. The summed E-state index contributed by atoms with van der Waals surface area (Å²) >= 11 is 12.3. The minimum atomic E-state index is 0.370. The molecule has 3 N–H and O–H groups in total. The zero-order valence-corrected chi connectivity index (χ0v) is 21.6. The number of nitrogen functional groups attached to an aromatic ring is 1. The maximum Gasteiger partial charge on any atom is 0.226 e. The van der Waals surface area contributed by atoms with Crippen molar-refractivity contribution in [2.45, 2.75) is 43.8 Å². The Morgan fingerprint density at radius 3 is 1.97 bits per heavy atom. The molecule has 186 valence electrons. The number of benzene rings is 2. The maximum absolute atomic E-state index is 6.15. The molecule has 2 aliphatic rings. The van der Waals surface area contributed by atoms with Crippen molar-refractivity contribution >= 4 is 35.1 Å². The molecule has 0 spiro atoms. The average molecular weight is 515 g/mol. The van der Waals surface area contributed by atoms with Crippen LogP contribution in [0, 0.1) is 0 Å². The molecule has 0 amide bonds. The van der Waals surface area contributed by atoms with Gasteiger partial charge in [0.2, 0.25) is 11.9 Å². The molecule has 0 aliphatic carbocycles. The summed E-state index contributed by atoms with van der Waals surface area (Å²) in [5, 5.41) is 9.69. The monoisotopic (exact) mass is 513 g/mol. The van der Waals surface area contributed by atoms with Gasteiger partial charge < -0.3 is 15.5 Å². The summed E-state index contributed by atoms with van der Waals surface area (Å²) in [7, 11) is 2.27. The number of nitrogens with one attached hydrogen (secondary N) is 1. The van der Waals surface area contributed by atoms with Crippen LogP contribution in [-0.2, 0) is 12.8 Å². The molecule has 2 aromatic carbocycles. The lowest BCUT2D eigenvalue weighted by Gasteiger charge is -2.50. The number of nitrogens with zero attached hydrogens (tertiary/aromatic N) is 5. The molecular weight excluding hydrogens is 481 g/mol. The number of aromatic nitrogens is 3. The second-order valence-electron chi connectivity index (χ2n) is 9.86. The molecule has 9 heteroatoms. The van der Waals surface area contributed by atoms with Gasteiger partial charge in [-0.05, 0) is 68.1 Å². The van der Waals surface area contributed by atoms with Crippen molar-refractivity contribution in [3.05, 3.63) is 69.7 Å². The van der Waals surface area contributed by atoms with Crippen LogP contribution in [0.2, 0.25) is 10.0 Å². The summed E-state index contributed by atoms with van der Waals surface area (Å²) < 4.78 is 0. The van der Waals surface area contributed by atoms with Crippen LogP contribution in [0.15, 0.2) is 48.5 Å². The minimum absolute atomic E-state index is 0.370. The quantitative estimate of drug-likeness (QED) is 0.515. The van der Waals surface area contributed by atoms with Crippen LogP contribution < -0.4 is 10.6 Å². The van der Waals surface area contributed by atoms with E-state index in [1.165, 1.54) is 11.1 Å². The molecule has 3 heterocycles. The van der Waals surface area contributed by atoms with Crippen molar-refractivity contribution in [3.63, 3.8) is 0 Å². The lowest BCUT2D eigenvalue weighted by molar-refractivity contribution is 0.00734. The Balaban J connectivity index is 1.31. The Hall–Kier alpha value is -2.32. The van der Waals surface area contributed by atoms with Gasteiger partial charge in [-0.15, -0.1) is 10.2 Å². The smallest absolute Gasteiger partial charge is 0.226 e. The van der Waals surface area contributed by atoms with E-state index in [-0.39, 0.29) is 0 Å². The van der Waals surface area contributed by atoms with E-state index in [9.17, 15) is 0 Å². The van der Waals surface area contributed by atoms with E-state index in [1.54, 1.807) is 0 Å². The van der Waals surface area contributed by atoms with Gasteiger partial charge in [-0.3, -0.25) is 9.88 Å². The van der Waals surface area contributed by atoms with Crippen LogP contribution in [-0.4, -0.2) is 76.3 Å². The molecule has 1 aromatic heterocycles. The fourth-order valence-electron chi connectivity index (χ4n) is 5.57. The molecule has 5 rings (SSSR count). The third-order valence-electron chi connectivity index (χ3n) is 7.51. The highest BCUT2D eigenvalue weighted by Crippen LogP contribution is 2.28. The van der Waals surface area contributed by atoms with Crippen LogP contribution in [0.4, 0.5) is 11.9 Å². The van der Waals surface area contributed by atoms with E-state index in [0.717, 1.165) is 67.9 Å². The largest absolute Gasteiger partial charge is 0.368 e. The number of hydrogen-bond acceptors (Lipinski definition) is 6. The van der Waals surface area contributed by atoms with Gasteiger partial charge in [0.1, 0.15) is 0 Å². The summed E-state index contributed by atoms with van der Waals surface area (Å²) in [5.74, 6) is 1.15. The van der Waals surface area contributed by atoms with E-state index >= 15 is 0 Å². The molecule has 2 saturated heterocycles. The summed E-state index contributed by atoms with van der Waals surface area (Å²) in [5.41, 5.74) is 8.42. The molecule has 3 aromatic rings. The molecule has 35 heavy (non-hydrogen) atoms. The fourth-order valence-corrected chi connectivity index (χ4v) is 5.82. The molecule has 0 radical (unpaired) electrons. The van der Waals surface area contributed by atoms with Gasteiger partial charge in [-0.2, -0.15) is 0 Å². The summed E-state index contributed by atoms with van der Waals surface area (Å²) in [6.07, 6.45) is 4.23. The summed E-state index contributed by atoms with van der Waals surface area (Å²) in [6, 6.07) is 18.1. The normalized spacial score (nSPS) is 22.5. The minimum Gasteiger partial charge on any atom is -0.368 e. The third-order valence-corrected chi connectivity index (χ3v) is 8.01. The van der Waals surface area contributed by atoms with Gasteiger partial charge in [0, 0.05) is 54.3 Å². The molecular formula is C26H33Cl2N7. The van der Waals surface area contributed by atoms with E-state index in [0.29, 0.717) is 24.1 Å². The Labute approximate surface area is 217 Å². The molecule has 7 nitrogen and oxygen atoms in total. The van der Waals surface area contributed by atoms with Gasteiger partial charge >= 0.3 is 0 Å². The summed E-state index contributed by atoms with van der Waals surface area (Å²) in [6.45, 7) is 3.99. The van der Waals surface area contributed by atoms with E-state index in [1.807, 2.05) is 24.3 Å². The van der Waals surface area contributed by atoms with E-state index < -0.39 is 0 Å².